The summed E-state index contributed by atoms with van der Waals surface area (Å²) in [5, 5.41) is 50.2. The molecule has 0 aromatic carbocycles. The number of hydrogen-bond acceptors (Lipinski definition) is 11. The van der Waals surface area contributed by atoms with E-state index in [4.69, 9.17) is 18.5 Å². The fraction of sp³-hybridized carbons (Fsp3) is 0.978. The number of phosphoric ester groups is 1. The first kappa shape index (κ1) is 55.4. The third-order valence-electron chi connectivity index (χ3n) is 11.5. The minimum absolute atomic E-state index is 0.0679. The van der Waals surface area contributed by atoms with Gasteiger partial charge in [-0.15, -0.1) is 0 Å². The number of carbonyl (C=O) groups is 1. The maximum Gasteiger partial charge on any atom is 0.472 e. The average Bonchev–Trinajstić information content (AvgIpc) is 3.21. The minimum Gasteiger partial charge on any atom is -0.457 e. The molecule has 0 aromatic heterocycles. The van der Waals surface area contributed by atoms with Gasteiger partial charge in [0.2, 0.25) is 0 Å². The molecule has 1 aliphatic rings. The molecular weight excluding hydrogens is 763 g/mol. The highest BCUT2D eigenvalue weighted by atomic mass is 31.2. The van der Waals surface area contributed by atoms with Gasteiger partial charge in [0.15, 0.2) is 0 Å². The molecule has 1 saturated carbocycles. The van der Waals surface area contributed by atoms with Crippen LogP contribution in [0.3, 0.4) is 0 Å². The first-order valence-electron chi connectivity index (χ1n) is 23.9. The predicted octanol–water partition coefficient (Wildman–Crippen LogP) is 9.76. The van der Waals surface area contributed by atoms with Crippen molar-refractivity contribution in [3.8, 4) is 0 Å². The van der Waals surface area contributed by atoms with Crippen molar-refractivity contribution in [2.24, 2.45) is 0 Å². The van der Waals surface area contributed by atoms with Crippen molar-refractivity contribution in [1.82, 2.24) is 0 Å². The number of phosphoric acid groups is 1. The SMILES string of the molecule is CCCCCCCCCCCCCCCCCCC(=O)OC(COCCCCCCCCCCCCCCCCC)COP(=O)(O)OC1C(O)C(O)C(O)C(O)C1O. The predicted molar refractivity (Wildman–Crippen MR) is 230 cm³/mol. The van der Waals surface area contributed by atoms with Crippen LogP contribution in [0.2, 0.25) is 0 Å². The van der Waals surface area contributed by atoms with Crippen LogP contribution in [0, 0.1) is 0 Å². The van der Waals surface area contributed by atoms with E-state index in [2.05, 4.69) is 13.8 Å². The Hall–Kier alpha value is -0.660. The molecule has 6 atom stereocenters. The van der Waals surface area contributed by atoms with Crippen molar-refractivity contribution in [2.45, 2.75) is 262 Å². The van der Waals surface area contributed by atoms with Gasteiger partial charge in [0.05, 0.1) is 13.2 Å². The Morgan fingerprint density at radius 1 is 0.483 bits per heavy atom. The lowest BCUT2D eigenvalue weighted by molar-refractivity contribution is -0.220. The number of aliphatic hydroxyl groups is 5. The molecule has 12 nitrogen and oxygen atoms in total. The lowest BCUT2D eigenvalue weighted by atomic mass is 9.85. The van der Waals surface area contributed by atoms with Gasteiger partial charge >= 0.3 is 13.8 Å². The fourth-order valence-electron chi connectivity index (χ4n) is 7.65. The van der Waals surface area contributed by atoms with Gasteiger partial charge in [-0.3, -0.25) is 13.8 Å². The highest BCUT2D eigenvalue weighted by Crippen LogP contribution is 2.47. The van der Waals surface area contributed by atoms with E-state index in [0.29, 0.717) is 13.0 Å². The standard InChI is InChI=1S/C45H89O12P/c1-3-5-7-9-11-13-15-17-19-20-22-24-26-28-30-32-34-39(46)56-38(37-55-58(52,53)57-45-43(50)41(48)40(47)42(49)44(45)51)36-54-35-33-31-29-27-25-23-21-18-16-14-12-10-8-6-4-2/h38,40-45,47-51H,3-37H2,1-2H3,(H,52,53). The molecular formula is C45H89O12P. The van der Waals surface area contributed by atoms with Crippen LogP contribution in [0.4, 0.5) is 0 Å². The van der Waals surface area contributed by atoms with Crippen LogP contribution in [-0.4, -0.2) is 98.9 Å². The Balaban J connectivity index is 2.37. The number of carbonyl (C=O) groups excluding carboxylic acids is 1. The molecule has 0 aliphatic heterocycles. The van der Waals surface area contributed by atoms with Gasteiger partial charge < -0.3 is 39.9 Å². The zero-order valence-electron chi connectivity index (χ0n) is 36.9. The first-order chi connectivity index (χ1) is 28.0. The minimum atomic E-state index is -5.01. The number of hydrogen-bond donors (Lipinski definition) is 6. The Bertz CT molecular complexity index is 973. The second-order valence-electron chi connectivity index (χ2n) is 17.0. The summed E-state index contributed by atoms with van der Waals surface area (Å²) in [6, 6.07) is 0. The molecule has 0 amide bonds. The van der Waals surface area contributed by atoms with E-state index in [1.54, 1.807) is 0 Å². The Kier molecular flexibility index (Phi) is 35.3. The van der Waals surface area contributed by atoms with Crippen LogP contribution in [0.15, 0.2) is 0 Å². The number of rotatable bonds is 41. The second-order valence-corrected chi connectivity index (χ2v) is 18.4. The Morgan fingerprint density at radius 3 is 1.19 bits per heavy atom. The zero-order chi connectivity index (χ0) is 42.7. The van der Waals surface area contributed by atoms with Crippen LogP contribution in [0.5, 0.6) is 0 Å². The number of ether oxygens (including phenoxy) is 2. The van der Waals surface area contributed by atoms with Crippen molar-refractivity contribution < 1.29 is 58.3 Å². The second kappa shape index (κ2) is 36.9. The summed E-state index contributed by atoms with van der Waals surface area (Å²) in [6.45, 7) is 4.30. The van der Waals surface area contributed by atoms with Crippen LogP contribution >= 0.6 is 7.82 Å². The number of aliphatic hydroxyl groups excluding tert-OH is 5. The zero-order valence-corrected chi connectivity index (χ0v) is 37.8. The van der Waals surface area contributed by atoms with E-state index in [9.17, 15) is 39.8 Å². The molecule has 13 heteroatoms. The van der Waals surface area contributed by atoms with Gasteiger partial charge in [-0.1, -0.05) is 200 Å². The molecule has 6 unspecified atom stereocenters. The molecule has 0 saturated heterocycles. The van der Waals surface area contributed by atoms with Crippen LogP contribution in [-0.2, 0) is 27.9 Å². The van der Waals surface area contributed by atoms with Crippen molar-refractivity contribution in [2.75, 3.05) is 19.8 Å². The molecule has 6 N–H and O–H groups in total. The van der Waals surface area contributed by atoms with Crippen molar-refractivity contribution in [1.29, 1.82) is 0 Å². The molecule has 1 fully saturated rings. The van der Waals surface area contributed by atoms with Crippen molar-refractivity contribution >= 4 is 13.8 Å². The monoisotopic (exact) mass is 853 g/mol. The van der Waals surface area contributed by atoms with Crippen molar-refractivity contribution in [3.63, 3.8) is 0 Å². The van der Waals surface area contributed by atoms with Crippen molar-refractivity contribution in [3.05, 3.63) is 0 Å². The quantitative estimate of drug-likeness (QED) is 0.0194. The normalized spacial score (nSPS) is 22.6. The number of esters is 1. The topological polar surface area (TPSA) is 192 Å². The summed E-state index contributed by atoms with van der Waals surface area (Å²) in [6.07, 6.45) is 25.9. The third-order valence-corrected chi connectivity index (χ3v) is 12.5. The van der Waals surface area contributed by atoms with Gasteiger partial charge in [0, 0.05) is 13.0 Å². The molecule has 0 spiro atoms. The molecule has 1 rings (SSSR count). The maximum atomic E-state index is 12.8. The molecule has 58 heavy (non-hydrogen) atoms. The summed E-state index contributed by atoms with van der Waals surface area (Å²) in [7, 11) is -5.01. The van der Waals surface area contributed by atoms with Gasteiger partial charge in [-0.05, 0) is 12.8 Å². The van der Waals surface area contributed by atoms with Gasteiger partial charge in [-0.2, -0.15) is 0 Å². The average molecular weight is 853 g/mol. The van der Waals surface area contributed by atoms with E-state index in [1.165, 1.54) is 154 Å². The highest BCUT2D eigenvalue weighted by molar-refractivity contribution is 7.47. The molecule has 0 bridgehead atoms. The molecule has 0 heterocycles. The molecule has 346 valence electrons. The smallest absolute Gasteiger partial charge is 0.457 e. The summed E-state index contributed by atoms with van der Waals surface area (Å²) < 4.78 is 34.2. The molecule has 0 aromatic rings. The fourth-order valence-corrected chi connectivity index (χ4v) is 8.62. The summed E-state index contributed by atoms with van der Waals surface area (Å²) in [5.41, 5.74) is 0. The van der Waals surface area contributed by atoms with Gasteiger partial charge in [0.25, 0.3) is 0 Å². The largest absolute Gasteiger partial charge is 0.472 e. The summed E-state index contributed by atoms with van der Waals surface area (Å²) >= 11 is 0. The lowest BCUT2D eigenvalue weighted by Crippen LogP contribution is -2.64. The lowest BCUT2D eigenvalue weighted by Gasteiger charge is -2.41. The molecule has 1 aliphatic carbocycles. The summed E-state index contributed by atoms with van der Waals surface area (Å²) in [4.78, 5) is 23.2. The Labute approximate surface area is 353 Å². The van der Waals surface area contributed by atoms with E-state index >= 15 is 0 Å². The Morgan fingerprint density at radius 2 is 0.810 bits per heavy atom. The number of unbranched alkanes of at least 4 members (excludes halogenated alkanes) is 29. The van der Waals surface area contributed by atoms with E-state index in [1.807, 2.05) is 0 Å². The van der Waals surface area contributed by atoms with E-state index < -0.39 is 63.1 Å². The van der Waals surface area contributed by atoms with Crippen LogP contribution < -0.4 is 0 Å². The van der Waals surface area contributed by atoms with Gasteiger partial charge in [-0.25, -0.2) is 4.57 Å². The molecule has 0 radical (unpaired) electrons. The van der Waals surface area contributed by atoms with E-state index in [-0.39, 0.29) is 13.0 Å². The first-order valence-corrected chi connectivity index (χ1v) is 25.4. The van der Waals surface area contributed by atoms with Crippen LogP contribution in [0.25, 0.3) is 0 Å². The van der Waals surface area contributed by atoms with Gasteiger partial charge in [0.1, 0.15) is 42.7 Å². The van der Waals surface area contributed by atoms with E-state index in [0.717, 1.165) is 38.5 Å². The maximum absolute atomic E-state index is 12.8. The van der Waals surface area contributed by atoms with Crippen LogP contribution in [0.1, 0.15) is 219 Å². The summed E-state index contributed by atoms with van der Waals surface area (Å²) in [5.74, 6) is -0.471. The third kappa shape index (κ3) is 28.8. The highest BCUT2D eigenvalue weighted by Gasteiger charge is 2.51.